The topological polar surface area (TPSA) is 71.4 Å². The summed E-state index contributed by atoms with van der Waals surface area (Å²) in [6.45, 7) is 0.750. The molecular weight excluding hydrogens is 365 g/mol. The first kappa shape index (κ1) is 17.7. The van der Waals surface area contributed by atoms with Crippen molar-refractivity contribution in [1.82, 2.24) is 9.21 Å². The van der Waals surface area contributed by atoms with Gasteiger partial charge in [0, 0.05) is 24.0 Å². The lowest BCUT2D eigenvalue weighted by molar-refractivity contribution is -0.127. The summed E-state index contributed by atoms with van der Waals surface area (Å²) in [6, 6.07) is 4.89. The van der Waals surface area contributed by atoms with Crippen molar-refractivity contribution < 1.29 is 19.2 Å². The second-order valence-corrected chi connectivity index (χ2v) is 6.51. The van der Waals surface area contributed by atoms with Crippen molar-refractivity contribution in [1.29, 1.82) is 0 Å². The SMILES string of the molecule is CN1CCOC(=NOC(=O)N(C)Sc2ccc(Cl)cc2Cl)C1=O. The molecule has 0 saturated carbocycles. The van der Waals surface area contributed by atoms with Crippen molar-refractivity contribution in [3.63, 3.8) is 0 Å². The lowest BCUT2D eigenvalue weighted by atomic mass is 10.4. The molecule has 1 heterocycles. The maximum Gasteiger partial charge on any atom is 0.446 e. The number of morpholine rings is 1. The second kappa shape index (κ2) is 7.76. The highest BCUT2D eigenvalue weighted by molar-refractivity contribution is 7.97. The molecule has 1 aromatic rings. The Morgan fingerprint density at radius 2 is 2.22 bits per heavy atom. The number of oxime groups is 1. The molecule has 0 bridgehead atoms. The van der Waals surface area contributed by atoms with Gasteiger partial charge in [-0.3, -0.25) is 9.63 Å². The molecule has 2 rings (SSSR count). The van der Waals surface area contributed by atoms with Crippen LogP contribution < -0.4 is 0 Å². The molecule has 0 atom stereocenters. The number of nitrogens with zero attached hydrogens (tertiary/aromatic N) is 3. The van der Waals surface area contributed by atoms with Gasteiger partial charge in [0.25, 0.3) is 0 Å². The molecule has 23 heavy (non-hydrogen) atoms. The Hall–Kier alpha value is -1.64. The third-order valence-electron chi connectivity index (χ3n) is 2.79. The summed E-state index contributed by atoms with van der Waals surface area (Å²) in [5.74, 6) is -0.699. The van der Waals surface area contributed by atoms with E-state index < -0.39 is 12.0 Å². The normalized spacial score (nSPS) is 16.3. The van der Waals surface area contributed by atoms with Crippen LogP contribution in [0.4, 0.5) is 4.79 Å². The van der Waals surface area contributed by atoms with Crippen LogP contribution in [-0.2, 0) is 14.4 Å². The van der Waals surface area contributed by atoms with E-state index in [1.165, 1.54) is 16.3 Å². The molecule has 1 aromatic carbocycles. The average Bonchev–Trinajstić information content (AvgIpc) is 2.51. The molecule has 1 fully saturated rings. The van der Waals surface area contributed by atoms with Gasteiger partial charge >= 0.3 is 17.9 Å². The molecule has 0 N–H and O–H groups in total. The monoisotopic (exact) mass is 377 g/mol. The van der Waals surface area contributed by atoms with E-state index in [0.29, 0.717) is 28.1 Å². The first-order chi connectivity index (χ1) is 10.9. The Morgan fingerprint density at radius 1 is 1.48 bits per heavy atom. The van der Waals surface area contributed by atoms with E-state index in [1.54, 1.807) is 25.2 Å². The summed E-state index contributed by atoms with van der Waals surface area (Å²) < 4.78 is 6.24. The Balaban J connectivity index is 1.96. The number of carbonyl (C=O) groups excluding carboxylic acids is 2. The van der Waals surface area contributed by atoms with Crippen LogP contribution in [0.3, 0.4) is 0 Å². The zero-order valence-electron chi connectivity index (χ0n) is 12.3. The molecule has 0 radical (unpaired) electrons. The van der Waals surface area contributed by atoms with Crippen molar-refractivity contribution in [2.45, 2.75) is 4.90 Å². The van der Waals surface area contributed by atoms with Crippen molar-refractivity contribution in [3.05, 3.63) is 28.2 Å². The molecule has 124 valence electrons. The van der Waals surface area contributed by atoms with E-state index in [0.717, 1.165) is 11.9 Å². The minimum Gasteiger partial charge on any atom is -0.470 e. The summed E-state index contributed by atoms with van der Waals surface area (Å²) in [5.41, 5.74) is 0. The lowest BCUT2D eigenvalue weighted by Crippen LogP contribution is -2.42. The zero-order valence-corrected chi connectivity index (χ0v) is 14.6. The van der Waals surface area contributed by atoms with Crippen LogP contribution in [0, 0.1) is 0 Å². The van der Waals surface area contributed by atoms with Gasteiger partial charge in [-0.25, -0.2) is 9.10 Å². The van der Waals surface area contributed by atoms with Gasteiger partial charge in [0.15, 0.2) is 0 Å². The molecular formula is C13H13Cl2N3O4S. The lowest BCUT2D eigenvalue weighted by Gasteiger charge is -2.23. The summed E-state index contributed by atoms with van der Waals surface area (Å²) in [4.78, 5) is 30.3. The number of hydrogen-bond donors (Lipinski definition) is 0. The number of likely N-dealkylation sites (N-methyl/N-ethyl adjacent to an activating group) is 1. The van der Waals surface area contributed by atoms with Gasteiger partial charge in [0.2, 0.25) is 0 Å². The Bertz CT molecular complexity index is 656. The largest absolute Gasteiger partial charge is 0.470 e. The molecule has 1 aliphatic rings. The predicted octanol–water partition coefficient (Wildman–Crippen LogP) is 2.87. The Morgan fingerprint density at radius 3 is 2.91 bits per heavy atom. The maximum absolute atomic E-state index is 11.9. The molecule has 1 aliphatic heterocycles. The summed E-state index contributed by atoms with van der Waals surface area (Å²) in [5, 5.41) is 4.36. The fourth-order valence-electron chi connectivity index (χ4n) is 1.54. The number of ether oxygens (including phenoxy) is 1. The highest BCUT2D eigenvalue weighted by atomic mass is 35.5. The van der Waals surface area contributed by atoms with Gasteiger partial charge in [0.1, 0.15) is 6.61 Å². The number of benzene rings is 1. The summed E-state index contributed by atoms with van der Waals surface area (Å²) in [6.07, 6.45) is -0.779. The molecule has 0 aliphatic carbocycles. The molecule has 0 spiro atoms. The minimum atomic E-state index is -0.779. The van der Waals surface area contributed by atoms with E-state index in [-0.39, 0.29) is 5.90 Å². The standard InChI is InChI=1S/C13H13Cl2N3O4S/c1-17-5-6-21-11(12(17)19)16-22-13(20)18(2)23-10-4-3-8(14)7-9(10)15/h3-4,7H,5-6H2,1-2H3. The molecule has 0 aromatic heterocycles. The number of carbonyl (C=O) groups is 2. The highest BCUT2D eigenvalue weighted by Gasteiger charge is 2.25. The molecule has 10 heteroatoms. The van der Waals surface area contributed by atoms with E-state index >= 15 is 0 Å². The van der Waals surface area contributed by atoms with E-state index in [4.69, 9.17) is 32.8 Å². The van der Waals surface area contributed by atoms with Gasteiger partial charge in [-0.1, -0.05) is 23.2 Å². The van der Waals surface area contributed by atoms with E-state index in [1.807, 2.05) is 0 Å². The average molecular weight is 378 g/mol. The molecule has 2 amide bonds. The van der Waals surface area contributed by atoms with Crippen molar-refractivity contribution in [2.24, 2.45) is 5.16 Å². The zero-order chi connectivity index (χ0) is 17.0. The van der Waals surface area contributed by atoms with Gasteiger partial charge < -0.3 is 9.64 Å². The molecule has 7 nitrogen and oxygen atoms in total. The van der Waals surface area contributed by atoms with E-state index in [2.05, 4.69) is 5.16 Å². The third-order valence-corrected chi connectivity index (χ3v) is 4.42. The van der Waals surface area contributed by atoms with E-state index in [9.17, 15) is 9.59 Å². The van der Waals surface area contributed by atoms with Crippen LogP contribution in [-0.4, -0.2) is 54.4 Å². The van der Waals surface area contributed by atoms with Crippen LogP contribution in [0.25, 0.3) is 0 Å². The number of amides is 2. The Kier molecular flexibility index (Phi) is 5.97. The third kappa shape index (κ3) is 4.66. The maximum atomic E-state index is 11.9. The first-order valence-corrected chi connectivity index (χ1v) is 7.95. The van der Waals surface area contributed by atoms with Crippen LogP contribution in [0.5, 0.6) is 0 Å². The van der Waals surface area contributed by atoms with Crippen molar-refractivity contribution in [2.75, 3.05) is 27.2 Å². The summed E-state index contributed by atoms with van der Waals surface area (Å²) in [7, 11) is 3.08. The molecule has 1 saturated heterocycles. The Labute approximate surface area is 147 Å². The van der Waals surface area contributed by atoms with Crippen LogP contribution in [0.15, 0.2) is 28.3 Å². The number of halogens is 2. The number of hydrogen-bond acceptors (Lipinski definition) is 6. The van der Waals surface area contributed by atoms with Gasteiger partial charge in [-0.2, -0.15) is 0 Å². The summed E-state index contributed by atoms with van der Waals surface area (Å²) >= 11 is 12.9. The van der Waals surface area contributed by atoms with Gasteiger partial charge in [-0.05, 0) is 35.3 Å². The number of rotatable bonds is 3. The smallest absolute Gasteiger partial charge is 0.446 e. The highest BCUT2D eigenvalue weighted by Crippen LogP contribution is 2.31. The quantitative estimate of drug-likeness (QED) is 0.460. The van der Waals surface area contributed by atoms with Gasteiger partial charge in [0.05, 0.1) is 11.6 Å². The fraction of sp³-hybridized carbons (Fsp3) is 0.308. The minimum absolute atomic E-state index is 0.255. The van der Waals surface area contributed by atoms with Gasteiger partial charge in [-0.15, -0.1) is 0 Å². The van der Waals surface area contributed by atoms with Crippen LogP contribution in [0.1, 0.15) is 0 Å². The van der Waals surface area contributed by atoms with Crippen molar-refractivity contribution >= 4 is 53.0 Å². The second-order valence-electron chi connectivity index (χ2n) is 4.49. The predicted molar refractivity (Wildman–Crippen MR) is 87.6 cm³/mol. The first-order valence-electron chi connectivity index (χ1n) is 6.42. The van der Waals surface area contributed by atoms with Crippen LogP contribution in [0.2, 0.25) is 10.0 Å². The van der Waals surface area contributed by atoms with Crippen molar-refractivity contribution in [3.8, 4) is 0 Å². The fourth-order valence-corrected chi connectivity index (χ4v) is 2.73. The van der Waals surface area contributed by atoms with Crippen LogP contribution >= 0.6 is 35.1 Å². The molecule has 0 unspecified atom stereocenters.